The molecule has 0 saturated carbocycles. The van der Waals surface area contributed by atoms with Crippen LogP contribution in [-0.4, -0.2) is 11.6 Å². The summed E-state index contributed by atoms with van der Waals surface area (Å²) in [6, 6.07) is 13.0. The van der Waals surface area contributed by atoms with E-state index in [1.54, 1.807) is 6.20 Å². The van der Waals surface area contributed by atoms with Gasteiger partial charge in [0.1, 0.15) is 18.1 Å². The third-order valence-electron chi connectivity index (χ3n) is 2.63. The van der Waals surface area contributed by atoms with E-state index in [1.165, 1.54) is 0 Å². The van der Waals surface area contributed by atoms with Crippen molar-refractivity contribution in [3.05, 3.63) is 60.8 Å². The van der Waals surface area contributed by atoms with Gasteiger partial charge in [0.2, 0.25) is 5.88 Å². The number of pyridine rings is 1. The largest absolute Gasteiger partial charge is 0.489 e. The second-order valence-electron chi connectivity index (χ2n) is 4.13. The monoisotopic (exact) mass is 255 g/mol. The van der Waals surface area contributed by atoms with Gasteiger partial charge < -0.3 is 9.47 Å². The molecule has 0 fully saturated rings. The van der Waals surface area contributed by atoms with Crippen LogP contribution in [0.3, 0.4) is 0 Å². The second kappa shape index (κ2) is 6.59. The highest BCUT2D eigenvalue weighted by molar-refractivity contribution is 5.33. The molecule has 0 amide bonds. The molecule has 0 radical (unpaired) electrons. The maximum absolute atomic E-state index is 5.60. The zero-order valence-corrected chi connectivity index (χ0v) is 11.0. The van der Waals surface area contributed by atoms with Gasteiger partial charge in [0.05, 0.1) is 0 Å². The van der Waals surface area contributed by atoms with Crippen LogP contribution in [0.25, 0.3) is 0 Å². The maximum atomic E-state index is 5.60. The van der Waals surface area contributed by atoms with Crippen molar-refractivity contribution in [2.24, 2.45) is 0 Å². The van der Waals surface area contributed by atoms with E-state index in [1.807, 2.05) is 42.5 Å². The minimum atomic E-state index is 0.553. The van der Waals surface area contributed by atoms with Crippen molar-refractivity contribution in [3.8, 4) is 17.4 Å². The lowest BCUT2D eigenvalue weighted by atomic mass is 10.2. The van der Waals surface area contributed by atoms with Gasteiger partial charge in [0.15, 0.2) is 0 Å². The average Bonchev–Trinajstić information content (AvgIpc) is 2.47. The highest BCUT2D eigenvalue weighted by Gasteiger charge is 1.99. The fraction of sp³-hybridized carbons (Fsp3) is 0.188. The lowest BCUT2D eigenvalue weighted by Crippen LogP contribution is -1.99. The normalized spacial score (nSPS) is 9.95. The van der Waals surface area contributed by atoms with Crippen LogP contribution in [0.15, 0.2) is 60.8 Å². The number of nitrogens with zero attached hydrogens (tertiary/aromatic N) is 1. The van der Waals surface area contributed by atoms with Gasteiger partial charge in [-0.25, -0.2) is 4.98 Å². The van der Waals surface area contributed by atoms with Crippen LogP contribution >= 0.6 is 0 Å². The van der Waals surface area contributed by atoms with Gasteiger partial charge in [0.25, 0.3) is 0 Å². The van der Waals surface area contributed by atoms with Gasteiger partial charge in [-0.2, -0.15) is 0 Å². The van der Waals surface area contributed by atoms with E-state index >= 15 is 0 Å². The molecule has 0 unspecified atom stereocenters. The van der Waals surface area contributed by atoms with Gasteiger partial charge in [-0.05, 0) is 42.3 Å². The summed E-state index contributed by atoms with van der Waals surface area (Å²) in [5.41, 5.74) is 1.08. The summed E-state index contributed by atoms with van der Waals surface area (Å²) in [6.45, 7) is 6.52. The van der Waals surface area contributed by atoms with Crippen LogP contribution in [0, 0.1) is 0 Å². The van der Waals surface area contributed by atoms with E-state index in [-0.39, 0.29) is 0 Å². The van der Waals surface area contributed by atoms with Crippen LogP contribution in [0.1, 0.15) is 13.3 Å². The van der Waals surface area contributed by atoms with Crippen molar-refractivity contribution >= 4 is 0 Å². The Kier molecular flexibility index (Phi) is 4.56. The topological polar surface area (TPSA) is 31.4 Å². The third-order valence-corrected chi connectivity index (χ3v) is 2.63. The summed E-state index contributed by atoms with van der Waals surface area (Å²) in [5.74, 6) is 2.12. The molecule has 0 spiro atoms. The lowest BCUT2D eigenvalue weighted by Gasteiger charge is -2.08. The van der Waals surface area contributed by atoms with Gasteiger partial charge in [0, 0.05) is 12.3 Å². The molecule has 0 aliphatic carbocycles. The summed E-state index contributed by atoms with van der Waals surface area (Å²) < 4.78 is 11.2. The number of rotatable bonds is 6. The first-order valence-corrected chi connectivity index (χ1v) is 6.26. The smallest absolute Gasteiger partial charge is 0.219 e. The van der Waals surface area contributed by atoms with E-state index in [9.17, 15) is 0 Å². The van der Waals surface area contributed by atoms with E-state index < -0.39 is 0 Å². The van der Waals surface area contributed by atoms with Gasteiger partial charge >= 0.3 is 0 Å². The van der Waals surface area contributed by atoms with Crippen molar-refractivity contribution in [1.29, 1.82) is 0 Å². The zero-order valence-electron chi connectivity index (χ0n) is 11.0. The number of aromatic nitrogens is 1. The molecule has 98 valence electrons. The molecule has 19 heavy (non-hydrogen) atoms. The molecule has 0 atom stereocenters. The molecule has 3 heteroatoms. The highest BCUT2D eigenvalue weighted by atomic mass is 16.5. The molecular weight excluding hydrogens is 238 g/mol. The summed E-state index contributed by atoms with van der Waals surface area (Å²) in [5, 5.41) is 0. The first kappa shape index (κ1) is 13.1. The quantitative estimate of drug-likeness (QED) is 0.724. The van der Waals surface area contributed by atoms with Crippen LogP contribution in [0.2, 0.25) is 0 Å². The van der Waals surface area contributed by atoms with Crippen LogP contribution < -0.4 is 9.47 Å². The summed E-state index contributed by atoms with van der Waals surface area (Å²) >= 11 is 0. The molecule has 2 aromatic rings. The fourth-order valence-electron chi connectivity index (χ4n) is 1.42. The molecule has 0 N–H and O–H groups in total. The minimum absolute atomic E-state index is 0.553. The Bertz CT molecular complexity index is 520. The van der Waals surface area contributed by atoms with Crippen LogP contribution in [-0.2, 0) is 0 Å². The highest BCUT2D eigenvalue weighted by Crippen LogP contribution is 2.22. The summed E-state index contributed by atoms with van der Waals surface area (Å²) in [7, 11) is 0. The molecule has 0 aliphatic heterocycles. The van der Waals surface area contributed by atoms with Crippen LogP contribution in [0.4, 0.5) is 0 Å². The summed E-state index contributed by atoms with van der Waals surface area (Å²) in [4.78, 5) is 4.10. The number of benzene rings is 1. The number of hydrogen-bond acceptors (Lipinski definition) is 3. The standard InChI is InChI=1S/C16H17NO2/c1-3-13(2)12-18-14-7-9-15(10-8-14)19-16-6-4-5-11-17-16/h4-11H,2-3,12H2,1H3. The predicted molar refractivity (Wildman–Crippen MR) is 75.7 cm³/mol. The summed E-state index contributed by atoms with van der Waals surface area (Å²) in [6.07, 6.45) is 2.63. The van der Waals surface area contributed by atoms with Crippen molar-refractivity contribution in [1.82, 2.24) is 4.98 Å². The lowest BCUT2D eigenvalue weighted by molar-refractivity contribution is 0.348. The predicted octanol–water partition coefficient (Wildman–Crippen LogP) is 4.22. The van der Waals surface area contributed by atoms with E-state index in [2.05, 4.69) is 18.5 Å². The van der Waals surface area contributed by atoms with Crippen LogP contribution in [0.5, 0.6) is 17.4 Å². The average molecular weight is 255 g/mol. The fourth-order valence-corrected chi connectivity index (χ4v) is 1.42. The van der Waals surface area contributed by atoms with Crippen molar-refractivity contribution in [2.45, 2.75) is 13.3 Å². The SMILES string of the molecule is C=C(CC)COc1ccc(Oc2ccccn2)cc1. The van der Waals surface area contributed by atoms with Gasteiger partial charge in [-0.3, -0.25) is 0 Å². The Morgan fingerprint density at radius 3 is 2.47 bits per heavy atom. The van der Waals surface area contributed by atoms with Gasteiger partial charge in [-0.1, -0.05) is 19.6 Å². The first-order valence-electron chi connectivity index (χ1n) is 6.26. The van der Waals surface area contributed by atoms with Crippen molar-refractivity contribution in [3.63, 3.8) is 0 Å². The molecular formula is C16H17NO2. The Hall–Kier alpha value is -2.29. The second-order valence-corrected chi connectivity index (χ2v) is 4.13. The molecule has 1 heterocycles. The number of hydrogen-bond donors (Lipinski definition) is 0. The minimum Gasteiger partial charge on any atom is -0.489 e. The van der Waals surface area contributed by atoms with Crippen molar-refractivity contribution in [2.75, 3.05) is 6.61 Å². The molecule has 0 aliphatic rings. The Morgan fingerprint density at radius 2 is 1.84 bits per heavy atom. The Balaban J connectivity index is 1.93. The number of ether oxygens (including phenoxy) is 2. The van der Waals surface area contributed by atoms with E-state index in [0.29, 0.717) is 12.5 Å². The Morgan fingerprint density at radius 1 is 1.11 bits per heavy atom. The molecule has 1 aromatic heterocycles. The molecule has 0 saturated heterocycles. The Labute approximate surface area is 113 Å². The molecule has 0 bridgehead atoms. The van der Waals surface area contributed by atoms with Crippen molar-refractivity contribution < 1.29 is 9.47 Å². The van der Waals surface area contributed by atoms with Gasteiger partial charge in [-0.15, -0.1) is 0 Å². The maximum Gasteiger partial charge on any atom is 0.219 e. The van der Waals surface area contributed by atoms with E-state index in [4.69, 9.17) is 9.47 Å². The molecule has 2 rings (SSSR count). The first-order chi connectivity index (χ1) is 9.28. The van der Waals surface area contributed by atoms with E-state index in [0.717, 1.165) is 23.5 Å². The molecule has 3 nitrogen and oxygen atoms in total. The third kappa shape index (κ3) is 4.14. The molecule has 1 aromatic carbocycles. The zero-order chi connectivity index (χ0) is 13.5.